The predicted octanol–water partition coefficient (Wildman–Crippen LogP) is -0.329. The molecule has 4 atom stereocenters. The molecule has 1 fully saturated rings. The number of sulfonamides is 1. The largest absolute Gasteiger partial charge is 0.396 e. The van der Waals surface area contributed by atoms with Crippen LogP contribution < -0.4 is 10.6 Å². The van der Waals surface area contributed by atoms with Crippen LogP contribution in [-0.2, 0) is 10.0 Å². The molecule has 12 nitrogen and oxygen atoms in total. The number of β-amino-alcohol motifs (C(OH)–C–C–N with tert-alkyl or cyclic N) is 1. The van der Waals surface area contributed by atoms with Crippen molar-refractivity contribution in [2.75, 3.05) is 50.0 Å². The van der Waals surface area contributed by atoms with Crippen LogP contribution in [0.25, 0.3) is 21.8 Å². The summed E-state index contributed by atoms with van der Waals surface area (Å²) in [6.07, 6.45) is -4.28. The van der Waals surface area contributed by atoms with Crippen molar-refractivity contribution in [3.63, 3.8) is 0 Å². The molecule has 2 heterocycles. The van der Waals surface area contributed by atoms with Gasteiger partial charge in [-0.25, -0.2) is 13.4 Å². The van der Waals surface area contributed by atoms with E-state index >= 15 is 0 Å². The third-order valence-corrected chi connectivity index (χ3v) is 8.81. The van der Waals surface area contributed by atoms with Crippen LogP contribution in [0.5, 0.6) is 0 Å². The highest BCUT2D eigenvalue weighted by atomic mass is 32.2. The molecular formula is C26H36N4O8S. The number of pyridine rings is 1. The first-order valence-corrected chi connectivity index (χ1v) is 14.3. The standard InChI is InChI=1S/C26H36N4O8S/c1-15(14-32)25(35)26(36)23(34)11-28-16-3-5-21-19(9-16)24(27-7-2-8-31)20-10-18(4-6-22(20)29-21)39(37,38)30-12-17(33)13-30/h3-6,9-10,15,17,23,25-26,28,31-36H,2,7-8,11-14H2,1H3,(H,27,29)/t15-,23+,25-,26-/m1/s1. The molecule has 0 amide bonds. The van der Waals surface area contributed by atoms with E-state index in [1.807, 2.05) is 0 Å². The Morgan fingerprint density at radius 1 is 1.00 bits per heavy atom. The monoisotopic (exact) mass is 564 g/mol. The molecular weight excluding hydrogens is 528 g/mol. The van der Waals surface area contributed by atoms with Crippen molar-refractivity contribution >= 4 is 43.2 Å². The van der Waals surface area contributed by atoms with Crippen LogP contribution in [0.2, 0.25) is 0 Å². The molecule has 1 aromatic heterocycles. The minimum absolute atomic E-state index is 0.0291. The van der Waals surface area contributed by atoms with Crippen molar-refractivity contribution in [2.24, 2.45) is 5.92 Å². The number of anilines is 2. The number of nitrogens with one attached hydrogen (secondary N) is 2. The van der Waals surface area contributed by atoms with E-state index in [2.05, 4.69) is 15.6 Å². The highest BCUT2D eigenvalue weighted by Gasteiger charge is 2.36. The van der Waals surface area contributed by atoms with Gasteiger partial charge in [0.25, 0.3) is 0 Å². The molecule has 214 valence electrons. The number of rotatable bonds is 13. The van der Waals surface area contributed by atoms with Crippen molar-refractivity contribution in [3.05, 3.63) is 36.4 Å². The summed E-state index contributed by atoms with van der Waals surface area (Å²) in [6, 6.07) is 9.98. The van der Waals surface area contributed by atoms with Gasteiger partial charge in [0.1, 0.15) is 6.10 Å². The summed E-state index contributed by atoms with van der Waals surface area (Å²) >= 11 is 0. The van der Waals surface area contributed by atoms with E-state index in [4.69, 9.17) is 0 Å². The van der Waals surface area contributed by atoms with E-state index < -0.39 is 40.4 Å². The average Bonchev–Trinajstić information content (AvgIpc) is 2.92. The van der Waals surface area contributed by atoms with Gasteiger partial charge in [-0.15, -0.1) is 0 Å². The van der Waals surface area contributed by atoms with Crippen molar-refractivity contribution in [3.8, 4) is 0 Å². The first kappa shape index (κ1) is 29.4. The lowest BCUT2D eigenvalue weighted by molar-refractivity contribution is -0.0806. The molecule has 2 aromatic carbocycles. The van der Waals surface area contributed by atoms with Crippen molar-refractivity contribution < 1.29 is 39.1 Å². The highest BCUT2D eigenvalue weighted by Crippen LogP contribution is 2.35. The van der Waals surface area contributed by atoms with Crippen LogP contribution in [0.3, 0.4) is 0 Å². The first-order chi connectivity index (χ1) is 18.6. The third-order valence-electron chi connectivity index (χ3n) is 6.98. The molecule has 1 aliphatic rings. The minimum Gasteiger partial charge on any atom is -0.396 e. The quantitative estimate of drug-likeness (QED) is 0.1000. The summed E-state index contributed by atoms with van der Waals surface area (Å²) in [7, 11) is -3.79. The second-order valence-electron chi connectivity index (χ2n) is 9.97. The Morgan fingerprint density at radius 3 is 2.31 bits per heavy atom. The summed E-state index contributed by atoms with van der Waals surface area (Å²) in [5.74, 6) is -0.609. The highest BCUT2D eigenvalue weighted by molar-refractivity contribution is 7.89. The second kappa shape index (κ2) is 12.3. The zero-order valence-corrected chi connectivity index (χ0v) is 22.4. The fourth-order valence-electron chi connectivity index (χ4n) is 4.45. The molecule has 3 aromatic rings. The molecule has 0 radical (unpaired) electrons. The number of benzene rings is 2. The maximum Gasteiger partial charge on any atom is 0.243 e. The van der Waals surface area contributed by atoms with E-state index in [1.165, 1.54) is 10.4 Å². The Morgan fingerprint density at radius 2 is 1.67 bits per heavy atom. The predicted molar refractivity (Wildman–Crippen MR) is 147 cm³/mol. The van der Waals surface area contributed by atoms with Crippen LogP contribution >= 0.6 is 0 Å². The van der Waals surface area contributed by atoms with Gasteiger partial charge in [-0.05, 0) is 42.8 Å². The third kappa shape index (κ3) is 6.26. The fourth-order valence-corrected chi connectivity index (χ4v) is 5.99. The Balaban J connectivity index is 1.68. The van der Waals surface area contributed by atoms with Crippen LogP contribution in [0.4, 0.5) is 11.4 Å². The van der Waals surface area contributed by atoms with Gasteiger partial charge in [-0.3, -0.25) is 0 Å². The molecule has 13 heteroatoms. The van der Waals surface area contributed by atoms with Gasteiger partial charge in [0, 0.05) is 61.8 Å². The summed E-state index contributed by atoms with van der Waals surface area (Å²) in [4.78, 5) is 4.76. The summed E-state index contributed by atoms with van der Waals surface area (Å²) in [6.45, 7) is 1.62. The molecule has 0 saturated carbocycles. The van der Waals surface area contributed by atoms with Crippen molar-refractivity contribution in [1.29, 1.82) is 0 Å². The fraction of sp³-hybridized carbons (Fsp3) is 0.500. The maximum atomic E-state index is 13.1. The number of fused-ring (bicyclic) bond motifs is 2. The maximum absolute atomic E-state index is 13.1. The Labute approximate surface area is 226 Å². The van der Waals surface area contributed by atoms with Gasteiger partial charge in [-0.1, -0.05) is 6.92 Å². The number of hydrogen-bond donors (Lipinski definition) is 8. The van der Waals surface area contributed by atoms with Crippen LogP contribution in [0, 0.1) is 5.92 Å². The Kier molecular flexibility index (Phi) is 9.24. The lowest BCUT2D eigenvalue weighted by Gasteiger charge is -2.34. The van der Waals surface area contributed by atoms with Crippen LogP contribution in [0.1, 0.15) is 13.3 Å². The normalized spacial score (nSPS) is 18.0. The van der Waals surface area contributed by atoms with Gasteiger partial charge in [-0.2, -0.15) is 4.31 Å². The van der Waals surface area contributed by atoms with E-state index in [0.717, 1.165) is 0 Å². The molecule has 0 bridgehead atoms. The Hall–Kier alpha value is -2.62. The molecule has 0 aliphatic carbocycles. The molecule has 39 heavy (non-hydrogen) atoms. The summed E-state index contributed by atoms with van der Waals surface area (Å²) in [5, 5.41) is 66.3. The number of aliphatic hydroxyl groups excluding tert-OH is 6. The minimum atomic E-state index is -3.79. The number of hydrogen-bond acceptors (Lipinski definition) is 11. The van der Waals surface area contributed by atoms with E-state index in [9.17, 15) is 39.1 Å². The van der Waals surface area contributed by atoms with Gasteiger partial charge in [0.2, 0.25) is 10.0 Å². The van der Waals surface area contributed by atoms with E-state index in [-0.39, 0.29) is 37.7 Å². The van der Waals surface area contributed by atoms with E-state index in [1.54, 1.807) is 37.3 Å². The zero-order chi connectivity index (χ0) is 28.3. The first-order valence-electron chi connectivity index (χ1n) is 12.9. The number of nitrogens with zero attached hydrogens (tertiary/aromatic N) is 2. The molecule has 8 N–H and O–H groups in total. The van der Waals surface area contributed by atoms with Gasteiger partial charge in [0.05, 0.1) is 39.9 Å². The SMILES string of the molecule is C[C@H](CO)[C@@H](O)[C@H](O)[C@@H](O)CNc1ccc2nc3ccc(S(=O)(=O)N4CC(O)C4)cc3c(NCCCO)c2c1. The number of aromatic nitrogens is 1. The lowest BCUT2D eigenvalue weighted by atomic mass is 9.97. The second-order valence-corrected chi connectivity index (χ2v) is 11.9. The molecule has 4 rings (SSSR count). The Bertz CT molecular complexity index is 1400. The average molecular weight is 565 g/mol. The molecule has 1 saturated heterocycles. The molecule has 1 aliphatic heterocycles. The van der Waals surface area contributed by atoms with Gasteiger partial charge >= 0.3 is 0 Å². The van der Waals surface area contributed by atoms with E-state index in [0.29, 0.717) is 46.1 Å². The lowest BCUT2D eigenvalue weighted by Crippen LogP contribution is -2.53. The van der Waals surface area contributed by atoms with Gasteiger partial charge in [0.15, 0.2) is 0 Å². The van der Waals surface area contributed by atoms with Crippen molar-refractivity contribution in [1.82, 2.24) is 9.29 Å². The molecule has 0 unspecified atom stereocenters. The summed E-state index contributed by atoms with van der Waals surface area (Å²) < 4.78 is 27.3. The summed E-state index contributed by atoms with van der Waals surface area (Å²) in [5.41, 5.74) is 2.42. The topological polar surface area (TPSA) is 196 Å². The molecule has 0 spiro atoms. The van der Waals surface area contributed by atoms with Crippen LogP contribution in [0.15, 0.2) is 41.3 Å². The van der Waals surface area contributed by atoms with Crippen LogP contribution in [-0.4, -0.2) is 112 Å². The van der Waals surface area contributed by atoms with Gasteiger partial charge < -0.3 is 41.3 Å². The zero-order valence-electron chi connectivity index (χ0n) is 21.6. The van der Waals surface area contributed by atoms with Crippen molar-refractivity contribution in [2.45, 2.75) is 42.7 Å². The number of aliphatic hydroxyl groups is 6. The smallest absolute Gasteiger partial charge is 0.243 e.